The predicted molar refractivity (Wildman–Crippen MR) is 137 cm³/mol. The lowest BCUT2D eigenvalue weighted by molar-refractivity contribution is -0.149. The lowest BCUT2D eigenvalue weighted by Gasteiger charge is -2.19. The number of hydrogen-bond donors (Lipinski definition) is 1. The van der Waals surface area contributed by atoms with Crippen molar-refractivity contribution in [3.63, 3.8) is 0 Å². The highest BCUT2D eigenvalue weighted by Gasteiger charge is 2.16. The highest BCUT2D eigenvalue weighted by molar-refractivity contribution is 5.87. The monoisotopic (exact) mass is 434 g/mol. The van der Waals surface area contributed by atoms with E-state index in [0.717, 1.165) is 5.56 Å². The van der Waals surface area contributed by atoms with Gasteiger partial charge in [-0.05, 0) is 74.4 Å². The van der Waals surface area contributed by atoms with E-state index in [-0.39, 0.29) is 11.4 Å². The number of allylic oxidation sites excluding steroid dienone is 3. The summed E-state index contributed by atoms with van der Waals surface area (Å²) in [6, 6.07) is 16.0. The summed E-state index contributed by atoms with van der Waals surface area (Å²) in [4.78, 5) is 10.8. The Bertz CT molecular complexity index is 945. The van der Waals surface area contributed by atoms with Crippen LogP contribution < -0.4 is 0 Å². The summed E-state index contributed by atoms with van der Waals surface area (Å²) in [7, 11) is 0. The van der Waals surface area contributed by atoms with E-state index in [2.05, 4.69) is 76.8 Å². The van der Waals surface area contributed by atoms with E-state index in [1.54, 1.807) is 19.1 Å². The molecule has 3 nitrogen and oxygen atoms in total. The molecule has 0 radical (unpaired) electrons. The van der Waals surface area contributed by atoms with Gasteiger partial charge < -0.3 is 9.84 Å². The number of phenols is 1. The zero-order valence-corrected chi connectivity index (χ0v) is 20.8. The van der Waals surface area contributed by atoms with Gasteiger partial charge >= 0.3 is 5.97 Å². The van der Waals surface area contributed by atoms with Gasteiger partial charge in [-0.2, -0.15) is 0 Å². The van der Waals surface area contributed by atoms with Gasteiger partial charge in [-0.1, -0.05) is 82.0 Å². The van der Waals surface area contributed by atoms with Gasteiger partial charge in [-0.3, -0.25) is 0 Å². The number of rotatable bonds is 4. The number of benzene rings is 2. The van der Waals surface area contributed by atoms with Gasteiger partial charge in [0.05, 0.1) is 0 Å². The van der Waals surface area contributed by atoms with Gasteiger partial charge in [0.1, 0.15) is 11.4 Å². The van der Waals surface area contributed by atoms with E-state index < -0.39 is 5.60 Å². The Balaban J connectivity index is 0.000000433. The van der Waals surface area contributed by atoms with E-state index in [1.165, 1.54) is 16.7 Å². The van der Waals surface area contributed by atoms with Crippen molar-refractivity contribution in [1.29, 1.82) is 0 Å². The fourth-order valence-corrected chi connectivity index (χ4v) is 2.58. The Morgan fingerprint density at radius 1 is 0.906 bits per heavy atom. The molecule has 0 saturated carbocycles. The smallest absolute Gasteiger partial charge is 0.333 e. The van der Waals surface area contributed by atoms with Crippen LogP contribution in [0.5, 0.6) is 5.75 Å². The van der Waals surface area contributed by atoms with E-state index in [0.29, 0.717) is 11.3 Å². The summed E-state index contributed by atoms with van der Waals surface area (Å²) in [6.07, 6.45) is 6.26. The Labute approximate surface area is 194 Å². The lowest BCUT2D eigenvalue weighted by atomic mass is 9.87. The number of aromatic hydroxyl groups is 1. The first-order valence-electron chi connectivity index (χ1n) is 10.8. The average Bonchev–Trinajstić information content (AvgIpc) is 2.67. The van der Waals surface area contributed by atoms with Crippen LogP contribution in [0, 0.1) is 0 Å². The highest BCUT2D eigenvalue weighted by Crippen LogP contribution is 2.22. The van der Waals surface area contributed by atoms with E-state index in [1.807, 2.05) is 32.9 Å². The molecule has 0 spiro atoms. The maximum absolute atomic E-state index is 10.8. The van der Waals surface area contributed by atoms with Gasteiger partial charge in [0, 0.05) is 5.57 Å². The summed E-state index contributed by atoms with van der Waals surface area (Å²) >= 11 is 0. The van der Waals surface area contributed by atoms with Crippen molar-refractivity contribution < 1.29 is 14.6 Å². The lowest BCUT2D eigenvalue weighted by Crippen LogP contribution is -2.23. The fourth-order valence-electron chi connectivity index (χ4n) is 2.58. The molecule has 2 aromatic rings. The topological polar surface area (TPSA) is 46.5 Å². The highest BCUT2D eigenvalue weighted by atomic mass is 16.6. The zero-order valence-electron chi connectivity index (χ0n) is 20.8. The summed E-state index contributed by atoms with van der Waals surface area (Å²) in [5, 5.41) is 9.31. The molecule has 1 N–H and O–H groups in total. The van der Waals surface area contributed by atoms with E-state index >= 15 is 0 Å². The van der Waals surface area contributed by atoms with E-state index in [4.69, 9.17) is 4.74 Å². The molecule has 0 aliphatic heterocycles. The van der Waals surface area contributed by atoms with E-state index in [9.17, 15) is 9.90 Å². The largest absolute Gasteiger partial charge is 0.508 e. The SMILES string of the molecule is C=C(C)C(=O)OC(C)(C)C.CC(=CC=Cc1ccc(C(C)(C)C)cc1)c1ccc(O)cc1. The molecular formula is C29H38O3. The summed E-state index contributed by atoms with van der Waals surface area (Å²) in [5.41, 5.74) is 5.06. The second-order valence-electron chi connectivity index (χ2n) is 9.91. The first-order valence-corrected chi connectivity index (χ1v) is 10.8. The molecule has 0 amide bonds. The van der Waals surface area contributed by atoms with Crippen molar-refractivity contribution in [2.45, 2.75) is 66.4 Å². The summed E-state index contributed by atoms with van der Waals surface area (Å²) in [6.45, 7) is 19.3. The normalized spacial score (nSPS) is 12.2. The molecule has 0 aliphatic rings. The number of carbonyl (C=O) groups is 1. The predicted octanol–water partition coefficient (Wildman–Crippen LogP) is 7.71. The van der Waals surface area contributed by atoms with Crippen molar-refractivity contribution in [2.24, 2.45) is 0 Å². The molecule has 2 aromatic carbocycles. The molecular weight excluding hydrogens is 396 g/mol. The molecule has 0 bridgehead atoms. The molecule has 32 heavy (non-hydrogen) atoms. The van der Waals surface area contributed by atoms with Crippen molar-refractivity contribution in [1.82, 2.24) is 0 Å². The Hall–Kier alpha value is -3.07. The van der Waals surface area contributed by atoms with Crippen LogP contribution >= 0.6 is 0 Å². The van der Waals surface area contributed by atoms with Crippen molar-refractivity contribution >= 4 is 17.6 Å². The van der Waals surface area contributed by atoms with Crippen LogP contribution in [0.25, 0.3) is 11.6 Å². The Kier molecular flexibility index (Phi) is 9.71. The van der Waals surface area contributed by atoms with Crippen molar-refractivity contribution in [3.8, 4) is 5.75 Å². The quantitative estimate of drug-likeness (QED) is 0.304. The third-order valence-electron chi connectivity index (χ3n) is 4.48. The third kappa shape index (κ3) is 10.3. The van der Waals surface area contributed by atoms with Crippen LogP contribution in [-0.4, -0.2) is 16.7 Å². The molecule has 0 fully saturated rings. The van der Waals surface area contributed by atoms with Gasteiger partial charge in [0.15, 0.2) is 0 Å². The van der Waals surface area contributed by atoms with Crippen LogP contribution in [0.15, 0.2) is 72.8 Å². The van der Waals surface area contributed by atoms with Gasteiger partial charge in [-0.15, -0.1) is 0 Å². The van der Waals surface area contributed by atoms with Gasteiger partial charge in [0.25, 0.3) is 0 Å². The molecule has 2 rings (SSSR count). The Morgan fingerprint density at radius 3 is 1.84 bits per heavy atom. The van der Waals surface area contributed by atoms with Crippen molar-refractivity contribution in [2.75, 3.05) is 0 Å². The number of hydrogen-bond acceptors (Lipinski definition) is 3. The molecule has 0 saturated heterocycles. The zero-order chi connectivity index (χ0) is 24.5. The summed E-state index contributed by atoms with van der Waals surface area (Å²) < 4.78 is 4.96. The molecule has 0 heterocycles. The number of ether oxygens (including phenoxy) is 1. The average molecular weight is 435 g/mol. The summed E-state index contributed by atoms with van der Waals surface area (Å²) in [5.74, 6) is -0.0291. The minimum atomic E-state index is -0.407. The molecule has 3 heteroatoms. The minimum Gasteiger partial charge on any atom is -0.508 e. The van der Waals surface area contributed by atoms with Crippen LogP contribution in [-0.2, 0) is 14.9 Å². The number of carbonyl (C=O) groups excluding carboxylic acids is 1. The van der Waals surface area contributed by atoms with Gasteiger partial charge in [0.2, 0.25) is 0 Å². The Morgan fingerprint density at radius 2 is 1.44 bits per heavy atom. The molecule has 172 valence electrons. The van der Waals surface area contributed by atoms with Crippen molar-refractivity contribution in [3.05, 3.63) is 89.5 Å². The molecule has 0 aromatic heterocycles. The molecule has 0 aliphatic carbocycles. The standard InChI is InChI=1S/C21H24O.C8H14O2/c1-16(18-10-14-20(22)15-11-18)6-5-7-17-8-12-19(13-9-17)21(2,3)4;1-6(2)7(9)10-8(3,4)5/h5-15,22H,1-4H3;1H2,2-5H3. The van der Waals surface area contributed by atoms with Crippen LogP contribution in [0.1, 0.15) is 72.1 Å². The maximum atomic E-state index is 10.8. The fraction of sp³-hybridized carbons (Fsp3) is 0.345. The number of phenolic OH excluding ortho intramolecular Hbond substituents is 1. The van der Waals surface area contributed by atoms with Crippen LogP contribution in [0.2, 0.25) is 0 Å². The first-order chi connectivity index (χ1) is 14.7. The maximum Gasteiger partial charge on any atom is 0.333 e. The second kappa shape index (κ2) is 11.5. The second-order valence-corrected chi connectivity index (χ2v) is 9.91. The van der Waals surface area contributed by atoms with Crippen LogP contribution in [0.4, 0.5) is 0 Å². The third-order valence-corrected chi connectivity index (χ3v) is 4.48. The van der Waals surface area contributed by atoms with Gasteiger partial charge in [-0.25, -0.2) is 4.79 Å². The first kappa shape index (κ1) is 27.0. The minimum absolute atomic E-state index is 0.192. The van der Waals surface area contributed by atoms with Crippen LogP contribution in [0.3, 0.4) is 0 Å². The number of esters is 1. The molecule has 0 atom stereocenters. The molecule has 0 unspecified atom stereocenters.